The summed E-state index contributed by atoms with van der Waals surface area (Å²) in [5.41, 5.74) is 1.36. The summed E-state index contributed by atoms with van der Waals surface area (Å²) in [4.78, 5) is 1.35. The molecule has 1 unspecified atom stereocenters. The Bertz CT molecular complexity index is 317. The van der Waals surface area contributed by atoms with Gasteiger partial charge in [-0.15, -0.1) is 11.8 Å². The SMILES string of the molecule is CCNC(C)c1cccc(SCCCOC)c1. The fraction of sp³-hybridized carbons (Fsp3) is 0.571. The van der Waals surface area contributed by atoms with Crippen LogP contribution in [0.15, 0.2) is 29.2 Å². The quantitative estimate of drug-likeness (QED) is 0.566. The fourth-order valence-electron chi connectivity index (χ4n) is 1.69. The van der Waals surface area contributed by atoms with E-state index < -0.39 is 0 Å². The lowest BCUT2D eigenvalue weighted by Gasteiger charge is -2.13. The average molecular weight is 253 g/mol. The minimum absolute atomic E-state index is 0.430. The molecule has 0 aliphatic carbocycles. The molecule has 2 nitrogen and oxygen atoms in total. The Hall–Kier alpha value is -0.510. The monoisotopic (exact) mass is 253 g/mol. The molecule has 0 spiro atoms. The van der Waals surface area contributed by atoms with Crippen LogP contribution in [0.3, 0.4) is 0 Å². The van der Waals surface area contributed by atoms with Gasteiger partial charge in [-0.2, -0.15) is 0 Å². The number of rotatable bonds is 8. The van der Waals surface area contributed by atoms with Gasteiger partial charge < -0.3 is 10.1 Å². The first-order valence-corrected chi connectivity index (χ1v) is 7.21. The fourth-order valence-corrected chi connectivity index (χ4v) is 2.58. The maximum Gasteiger partial charge on any atom is 0.0470 e. The van der Waals surface area contributed by atoms with Crippen molar-refractivity contribution in [2.24, 2.45) is 0 Å². The van der Waals surface area contributed by atoms with E-state index in [0.29, 0.717) is 6.04 Å². The van der Waals surface area contributed by atoms with Crippen LogP contribution in [0, 0.1) is 0 Å². The van der Waals surface area contributed by atoms with Crippen LogP contribution >= 0.6 is 11.8 Å². The summed E-state index contributed by atoms with van der Waals surface area (Å²) in [6.07, 6.45) is 1.11. The number of methoxy groups -OCH3 is 1. The van der Waals surface area contributed by atoms with Crippen molar-refractivity contribution in [2.75, 3.05) is 26.0 Å². The number of nitrogens with one attached hydrogen (secondary N) is 1. The van der Waals surface area contributed by atoms with E-state index in [1.54, 1.807) is 7.11 Å². The smallest absolute Gasteiger partial charge is 0.0470 e. The largest absolute Gasteiger partial charge is 0.385 e. The maximum atomic E-state index is 5.05. The zero-order valence-corrected chi connectivity index (χ0v) is 11.8. The third-order valence-electron chi connectivity index (χ3n) is 2.63. The Labute approximate surface area is 109 Å². The van der Waals surface area contributed by atoms with E-state index in [1.807, 2.05) is 11.8 Å². The molecule has 0 bridgehead atoms. The Morgan fingerprint density at radius 2 is 2.24 bits per heavy atom. The summed E-state index contributed by atoms with van der Waals surface area (Å²) < 4.78 is 5.05. The zero-order valence-electron chi connectivity index (χ0n) is 11.0. The van der Waals surface area contributed by atoms with Crippen LogP contribution in [-0.4, -0.2) is 26.0 Å². The molecule has 17 heavy (non-hydrogen) atoms. The van der Waals surface area contributed by atoms with E-state index in [4.69, 9.17) is 4.74 Å². The first-order chi connectivity index (χ1) is 8.27. The molecule has 0 fully saturated rings. The van der Waals surface area contributed by atoms with Crippen molar-refractivity contribution in [3.05, 3.63) is 29.8 Å². The van der Waals surface area contributed by atoms with E-state index in [2.05, 4.69) is 43.4 Å². The molecule has 1 atom stereocenters. The number of thioether (sulfide) groups is 1. The normalized spacial score (nSPS) is 12.6. The maximum absolute atomic E-state index is 5.05. The Morgan fingerprint density at radius 3 is 2.94 bits per heavy atom. The zero-order chi connectivity index (χ0) is 12.5. The summed E-state index contributed by atoms with van der Waals surface area (Å²) in [5.74, 6) is 1.12. The highest BCUT2D eigenvalue weighted by molar-refractivity contribution is 7.99. The number of ether oxygens (including phenoxy) is 1. The molecular formula is C14H23NOS. The molecule has 0 radical (unpaired) electrons. The van der Waals surface area contributed by atoms with Crippen molar-refractivity contribution in [3.63, 3.8) is 0 Å². The Balaban J connectivity index is 2.47. The van der Waals surface area contributed by atoms with Gasteiger partial charge in [0.1, 0.15) is 0 Å². The van der Waals surface area contributed by atoms with E-state index >= 15 is 0 Å². The predicted molar refractivity (Wildman–Crippen MR) is 75.8 cm³/mol. The average Bonchev–Trinajstić information content (AvgIpc) is 2.35. The van der Waals surface area contributed by atoms with Gasteiger partial charge in [-0.1, -0.05) is 19.1 Å². The molecule has 1 aromatic rings. The number of hydrogen-bond acceptors (Lipinski definition) is 3. The summed E-state index contributed by atoms with van der Waals surface area (Å²) in [6, 6.07) is 9.22. The second-order valence-electron chi connectivity index (χ2n) is 4.05. The Kier molecular flexibility index (Phi) is 7.33. The van der Waals surface area contributed by atoms with Gasteiger partial charge in [-0.25, -0.2) is 0 Å². The van der Waals surface area contributed by atoms with Crippen LogP contribution in [-0.2, 0) is 4.74 Å². The highest BCUT2D eigenvalue weighted by Gasteiger charge is 2.04. The van der Waals surface area contributed by atoms with Crippen molar-refractivity contribution in [1.29, 1.82) is 0 Å². The van der Waals surface area contributed by atoms with Crippen LogP contribution in [0.2, 0.25) is 0 Å². The highest BCUT2D eigenvalue weighted by Crippen LogP contribution is 2.22. The van der Waals surface area contributed by atoms with Crippen LogP contribution < -0.4 is 5.32 Å². The standard InChI is InChI=1S/C14H23NOS/c1-4-15-12(2)13-7-5-8-14(11-13)17-10-6-9-16-3/h5,7-8,11-12,15H,4,6,9-10H2,1-3H3. The van der Waals surface area contributed by atoms with Crippen LogP contribution in [0.25, 0.3) is 0 Å². The second-order valence-corrected chi connectivity index (χ2v) is 5.21. The number of benzene rings is 1. The van der Waals surface area contributed by atoms with Crippen LogP contribution in [0.4, 0.5) is 0 Å². The van der Waals surface area contributed by atoms with Crippen molar-refractivity contribution in [1.82, 2.24) is 5.32 Å². The van der Waals surface area contributed by atoms with E-state index in [9.17, 15) is 0 Å². The molecular weight excluding hydrogens is 230 g/mol. The van der Waals surface area contributed by atoms with Gasteiger partial charge in [0.2, 0.25) is 0 Å². The van der Waals surface area contributed by atoms with Gasteiger partial charge in [-0.3, -0.25) is 0 Å². The lowest BCUT2D eigenvalue weighted by Crippen LogP contribution is -2.17. The third kappa shape index (κ3) is 5.57. The van der Waals surface area contributed by atoms with Gasteiger partial charge >= 0.3 is 0 Å². The van der Waals surface area contributed by atoms with Crippen LogP contribution in [0.1, 0.15) is 31.9 Å². The van der Waals surface area contributed by atoms with E-state index in [1.165, 1.54) is 10.5 Å². The molecule has 0 aliphatic heterocycles. The van der Waals surface area contributed by atoms with E-state index in [-0.39, 0.29) is 0 Å². The molecule has 96 valence electrons. The molecule has 1 rings (SSSR count). The van der Waals surface area contributed by atoms with Crippen molar-refractivity contribution in [3.8, 4) is 0 Å². The molecule has 0 aliphatic rings. The molecule has 3 heteroatoms. The molecule has 0 aromatic heterocycles. The molecule has 1 aromatic carbocycles. The minimum atomic E-state index is 0.430. The lowest BCUT2D eigenvalue weighted by molar-refractivity contribution is 0.200. The molecule has 0 saturated carbocycles. The lowest BCUT2D eigenvalue weighted by atomic mass is 10.1. The number of hydrogen-bond donors (Lipinski definition) is 1. The van der Waals surface area contributed by atoms with Gasteiger partial charge in [0.25, 0.3) is 0 Å². The predicted octanol–water partition coefficient (Wildman–Crippen LogP) is 3.49. The van der Waals surface area contributed by atoms with Crippen molar-refractivity contribution in [2.45, 2.75) is 31.2 Å². The van der Waals surface area contributed by atoms with Crippen LogP contribution in [0.5, 0.6) is 0 Å². The van der Waals surface area contributed by atoms with E-state index in [0.717, 1.165) is 25.3 Å². The van der Waals surface area contributed by atoms with Crippen molar-refractivity contribution < 1.29 is 4.74 Å². The van der Waals surface area contributed by atoms with Crippen molar-refractivity contribution >= 4 is 11.8 Å². The highest BCUT2D eigenvalue weighted by atomic mass is 32.2. The minimum Gasteiger partial charge on any atom is -0.385 e. The summed E-state index contributed by atoms with van der Waals surface area (Å²) in [7, 11) is 1.75. The molecule has 0 saturated heterocycles. The Morgan fingerprint density at radius 1 is 1.41 bits per heavy atom. The molecule has 1 N–H and O–H groups in total. The third-order valence-corrected chi connectivity index (χ3v) is 3.71. The van der Waals surface area contributed by atoms with Gasteiger partial charge in [0, 0.05) is 30.4 Å². The molecule has 0 amide bonds. The summed E-state index contributed by atoms with van der Waals surface area (Å²) >= 11 is 1.90. The topological polar surface area (TPSA) is 21.3 Å². The first kappa shape index (κ1) is 14.6. The summed E-state index contributed by atoms with van der Waals surface area (Å²) in [5, 5.41) is 3.44. The first-order valence-electron chi connectivity index (χ1n) is 6.23. The van der Waals surface area contributed by atoms with Gasteiger partial charge in [-0.05, 0) is 37.6 Å². The second kappa shape index (κ2) is 8.56. The molecule has 0 heterocycles. The summed E-state index contributed by atoms with van der Waals surface area (Å²) in [6.45, 7) is 6.20. The van der Waals surface area contributed by atoms with Gasteiger partial charge in [0.15, 0.2) is 0 Å². The van der Waals surface area contributed by atoms with Gasteiger partial charge in [0.05, 0.1) is 0 Å².